The van der Waals surface area contributed by atoms with Gasteiger partial charge in [0, 0.05) is 19.1 Å². The van der Waals surface area contributed by atoms with E-state index in [9.17, 15) is 5.11 Å². The van der Waals surface area contributed by atoms with E-state index in [4.69, 9.17) is 4.74 Å². The van der Waals surface area contributed by atoms with Gasteiger partial charge in [-0.15, -0.1) is 0 Å². The molecule has 1 N–H and O–H groups in total. The van der Waals surface area contributed by atoms with Gasteiger partial charge in [0.2, 0.25) is 0 Å². The first kappa shape index (κ1) is 13.4. The van der Waals surface area contributed by atoms with Gasteiger partial charge in [0.25, 0.3) is 0 Å². The average molecular weight is 249 g/mol. The van der Waals surface area contributed by atoms with Gasteiger partial charge in [-0.25, -0.2) is 0 Å². The quantitative estimate of drug-likeness (QED) is 0.893. The third kappa shape index (κ3) is 3.47. The molecule has 1 saturated heterocycles. The normalized spacial score (nSPS) is 21.7. The molecule has 1 aromatic carbocycles. The molecule has 3 nitrogen and oxygen atoms in total. The van der Waals surface area contributed by atoms with Crippen LogP contribution in [0.4, 0.5) is 0 Å². The smallest absolute Gasteiger partial charge is 0.115 e. The third-order valence-electron chi connectivity index (χ3n) is 3.55. The van der Waals surface area contributed by atoms with Crippen molar-refractivity contribution in [3.63, 3.8) is 0 Å². The Kier molecular flexibility index (Phi) is 3.93. The predicted molar refractivity (Wildman–Crippen MR) is 72.9 cm³/mol. The molecule has 0 bridgehead atoms. The van der Waals surface area contributed by atoms with Gasteiger partial charge < -0.3 is 9.84 Å². The lowest BCUT2D eigenvalue weighted by atomic mass is 10.0. The summed E-state index contributed by atoms with van der Waals surface area (Å²) in [6.07, 6.45) is 1.01. The molecule has 0 aromatic heterocycles. The molecule has 0 radical (unpaired) electrons. The Morgan fingerprint density at radius 1 is 1.33 bits per heavy atom. The molecule has 18 heavy (non-hydrogen) atoms. The van der Waals surface area contributed by atoms with E-state index in [0.29, 0.717) is 11.8 Å². The number of benzene rings is 1. The van der Waals surface area contributed by atoms with Gasteiger partial charge in [-0.1, -0.05) is 12.1 Å². The second kappa shape index (κ2) is 5.29. The second-order valence-corrected chi connectivity index (χ2v) is 5.80. The highest BCUT2D eigenvalue weighted by atomic mass is 16.5. The number of hydrogen-bond acceptors (Lipinski definition) is 3. The van der Waals surface area contributed by atoms with E-state index < -0.39 is 0 Å². The maximum absolute atomic E-state index is 9.28. The highest BCUT2D eigenvalue weighted by Crippen LogP contribution is 2.20. The Morgan fingerprint density at radius 3 is 2.61 bits per heavy atom. The van der Waals surface area contributed by atoms with E-state index in [1.807, 2.05) is 12.1 Å². The fourth-order valence-electron chi connectivity index (χ4n) is 2.53. The molecule has 1 aliphatic heterocycles. The van der Waals surface area contributed by atoms with Crippen LogP contribution >= 0.6 is 0 Å². The third-order valence-corrected chi connectivity index (χ3v) is 3.55. The number of rotatable bonds is 3. The largest absolute Gasteiger partial charge is 0.508 e. The Labute approximate surface area is 109 Å². The SMILES string of the molecule is CC(Cc1ccc(O)cc1)N1CCOC(C)(C)C1. The van der Waals surface area contributed by atoms with Crippen molar-refractivity contribution in [2.45, 2.75) is 38.8 Å². The zero-order valence-corrected chi connectivity index (χ0v) is 11.5. The molecule has 1 unspecified atom stereocenters. The number of nitrogens with zero attached hydrogens (tertiary/aromatic N) is 1. The van der Waals surface area contributed by atoms with Crippen molar-refractivity contribution in [1.82, 2.24) is 4.90 Å². The maximum atomic E-state index is 9.28. The summed E-state index contributed by atoms with van der Waals surface area (Å²) in [4.78, 5) is 2.48. The van der Waals surface area contributed by atoms with Gasteiger partial charge in [0.05, 0.1) is 12.2 Å². The second-order valence-electron chi connectivity index (χ2n) is 5.80. The van der Waals surface area contributed by atoms with E-state index in [1.165, 1.54) is 5.56 Å². The van der Waals surface area contributed by atoms with E-state index >= 15 is 0 Å². The molecule has 2 rings (SSSR count). The zero-order chi connectivity index (χ0) is 13.2. The molecule has 0 saturated carbocycles. The first-order valence-corrected chi connectivity index (χ1v) is 6.62. The van der Waals surface area contributed by atoms with Crippen molar-refractivity contribution in [2.75, 3.05) is 19.7 Å². The summed E-state index contributed by atoms with van der Waals surface area (Å²) in [7, 11) is 0. The maximum Gasteiger partial charge on any atom is 0.115 e. The number of phenols is 1. The molecular formula is C15H23NO2. The van der Waals surface area contributed by atoms with Crippen molar-refractivity contribution in [3.05, 3.63) is 29.8 Å². The summed E-state index contributed by atoms with van der Waals surface area (Å²) in [6.45, 7) is 9.34. The lowest BCUT2D eigenvalue weighted by Crippen LogP contribution is -2.51. The molecule has 0 spiro atoms. The van der Waals surface area contributed by atoms with Crippen LogP contribution in [-0.2, 0) is 11.2 Å². The van der Waals surface area contributed by atoms with Crippen LogP contribution in [-0.4, -0.2) is 41.3 Å². The van der Waals surface area contributed by atoms with Gasteiger partial charge in [-0.3, -0.25) is 4.90 Å². The summed E-state index contributed by atoms with van der Waals surface area (Å²) in [5, 5.41) is 9.28. The van der Waals surface area contributed by atoms with E-state index in [1.54, 1.807) is 12.1 Å². The summed E-state index contributed by atoms with van der Waals surface area (Å²) in [5.41, 5.74) is 1.23. The number of aromatic hydroxyl groups is 1. The minimum atomic E-state index is -0.0402. The highest BCUT2D eigenvalue weighted by molar-refractivity contribution is 5.26. The number of phenolic OH excluding ortho intramolecular Hbond substituents is 1. The Morgan fingerprint density at radius 2 is 2.00 bits per heavy atom. The molecule has 1 atom stereocenters. The molecule has 100 valence electrons. The van der Waals surface area contributed by atoms with Crippen molar-refractivity contribution in [3.8, 4) is 5.75 Å². The van der Waals surface area contributed by atoms with E-state index in [0.717, 1.165) is 26.1 Å². The van der Waals surface area contributed by atoms with Crippen molar-refractivity contribution in [2.24, 2.45) is 0 Å². The first-order chi connectivity index (χ1) is 8.46. The van der Waals surface area contributed by atoms with Crippen molar-refractivity contribution in [1.29, 1.82) is 0 Å². The fraction of sp³-hybridized carbons (Fsp3) is 0.600. The Hall–Kier alpha value is -1.06. The van der Waals surface area contributed by atoms with E-state index in [-0.39, 0.29) is 5.60 Å². The van der Waals surface area contributed by atoms with Gasteiger partial charge in [-0.05, 0) is 44.9 Å². The number of hydrogen-bond donors (Lipinski definition) is 1. The van der Waals surface area contributed by atoms with Crippen LogP contribution in [0.3, 0.4) is 0 Å². The summed E-state index contributed by atoms with van der Waals surface area (Å²) < 4.78 is 5.74. The van der Waals surface area contributed by atoms with Gasteiger partial charge in [0.1, 0.15) is 5.75 Å². The lowest BCUT2D eigenvalue weighted by molar-refractivity contribution is -0.0952. The zero-order valence-electron chi connectivity index (χ0n) is 11.5. The van der Waals surface area contributed by atoms with Crippen LogP contribution in [0.15, 0.2) is 24.3 Å². The van der Waals surface area contributed by atoms with Crippen LogP contribution in [0.25, 0.3) is 0 Å². The van der Waals surface area contributed by atoms with Crippen LogP contribution in [0.1, 0.15) is 26.3 Å². The molecule has 0 amide bonds. The summed E-state index contributed by atoms with van der Waals surface area (Å²) in [6, 6.07) is 8.00. The standard InChI is InChI=1S/C15H23NO2/c1-12(10-13-4-6-14(17)7-5-13)16-8-9-18-15(2,3)11-16/h4-7,12,17H,8-11H2,1-3H3. The first-order valence-electron chi connectivity index (χ1n) is 6.62. The molecular weight excluding hydrogens is 226 g/mol. The van der Waals surface area contributed by atoms with Crippen LogP contribution in [0, 0.1) is 0 Å². The molecule has 1 aliphatic rings. The number of morpholine rings is 1. The van der Waals surface area contributed by atoms with Crippen molar-refractivity contribution >= 4 is 0 Å². The minimum Gasteiger partial charge on any atom is -0.508 e. The van der Waals surface area contributed by atoms with Gasteiger partial charge >= 0.3 is 0 Å². The molecule has 1 aromatic rings. The molecule has 3 heteroatoms. The molecule has 1 fully saturated rings. The van der Waals surface area contributed by atoms with E-state index in [2.05, 4.69) is 25.7 Å². The number of ether oxygens (including phenoxy) is 1. The predicted octanol–water partition coefficient (Wildman–Crippen LogP) is 2.43. The Balaban J connectivity index is 1.95. The summed E-state index contributed by atoms with van der Waals surface area (Å²) in [5.74, 6) is 0.332. The molecule has 1 heterocycles. The fourth-order valence-corrected chi connectivity index (χ4v) is 2.53. The molecule has 0 aliphatic carbocycles. The van der Waals surface area contributed by atoms with Crippen LogP contribution in [0.2, 0.25) is 0 Å². The topological polar surface area (TPSA) is 32.7 Å². The van der Waals surface area contributed by atoms with Gasteiger partial charge in [-0.2, -0.15) is 0 Å². The lowest BCUT2D eigenvalue weighted by Gasteiger charge is -2.41. The average Bonchev–Trinajstić information content (AvgIpc) is 2.31. The Bertz CT molecular complexity index is 386. The van der Waals surface area contributed by atoms with Crippen LogP contribution < -0.4 is 0 Å². The van der Waals surface area contributed by atoms with Gasteiger partial charge in [0.15, 0.2) is 0 Å². The summed E-state index contributed by atoms with van der Waals surface area (Å²) >= 11 is 0. The highest BCUT2D eigenvalue weighted by Gasteiger charge is 2.29. The van der Waals surface area contributed by atoms with Crippen LogP contribution in [0.5, 0.6) is 5.75 Å². The monoisotopic (exact) mass is 249 g/mol. The minimum absolute atomic E-state index is 0.0402. The van der Waals surface area contributed by atoms with Crippen molar-refractivity contribution < 1.29 is 9.84 Å².